The molecule has 1 amide bonds. The van der Waals surface area contributed by atoms with E-state index in [-0.39, 0.29) is 28.9 Å². The molecule has 0 saturated heterocycles. The molecule has 1 aliphatic carbocycles. The molecule has 1 aromatic heterocycles. The van der Waals surface area contributed by atoms with Crippen molar-refractivity contribution in [1.82, 2.24) is 5.16 Å². The first-order chi connectivity index (χ1) is 14.3. The van der Waals surface area contributed by atoms with Gasteiger partial charge in [0.15, 0.2) is 0 Å². The molecule has 1 aliphatic rings. The molecule has 0 bridgehead atoms. The number of anilines is 1. The van der Waals surface area contributed by atoms with E-state index < -0.39 is 5.91 Å². The number of aryl methyl sites for hydroxylation is 2. The molecule has 0 fully saturated rings. The Labute approximate surface area is 178 Å². The number of nitrogens with zero attached hydrogens (tertiary/aromatic N) is 1. The lowest BCUT2D eigenvalue weighted by Crippen LogP contribution is -2.16. The number of carbonyl (C=O) groups is 1. The highest BCUT2D eigenvalue weighted by Gasteiger charge is 2.28. The molecule has 0 spiro atoms. The second kappa shape index (κ2) is 9.37. The molecule has 0 aliphatic heterocycles. The minimum Gasteiger partial charge on any atom is -0.507 e. The first-order valence-corrected chi connectivity index (χ1v) is 10.8. The summed E-state index contributed by atoms with van der Waals surface area (Å²) in [5.74, 6) is -0.360. The lowest BCUT2D eigenvalue weighted by atomic mass is 9.83. The molecule has 30 heavy (non-hydrogen) atoms. The Morgan fingerprint density at radius 3 is 2.67 bits per heavy atom. The first-order valence-electron chi connectivity index (χ1n) is 10.8. The number of carbonyl (C=O) groups excluding carboxylic acids is 1. The second-order valence-electron chi connectivity index (χ2n) is 8.34. The van der Waals surface area contributed by atoms with Gasteiger partial charge in [0.25, 0.3) is 5.91 Å². The van der Waals surface area contributed by atoms with Crippen LogP contribution in [-0.2, 0) is 6.42 Å². The standard InChI is InChI=1S/C24H32N2O4/c1-5-6-7-10-18-13-19(27)20(17-11-8-9-14(2)12-17)22(28)21(18)23(29)25-24-15(3)16(4)26-30-24/h12-13,17,27-28H,5-11H2,1-4H3,(H,25,29). The summed E-state index contributed by atoms with van der Waals surface area (Å²) < 4.78 is 5.23. The Balaban J connectivity index is 2.04. The van der Waals surface area contributed by atoms with Crippen molar-refractivity contribution in [3.05, 3.63) is 45.7 Å². The maximum atomic E-state index is 13.2. The Morgan fingerprint density at radius 1 is 1.27 bits per heavy atom. The van der Waals surface area contributed by atoms with E-state index in [1.165, 1.54) is 5.57 Å². The summed E-state index contributed by atoms with van der Waals surface area (Å²) in [5, 5.41) is 28.6. The number of amides is 1. The van der Waals surface area contributed by atoms with Gasteiger partial charge in [0.05, 0.1) is 11.3 Å². The zero-order chi connectivity index (χ0) is 21.8. The van der Waals surface area contributed by atoms with Gasteiger partial charge in [-0.3, -0.25) is 10.1 Å². The van der Waals surface area contributed by atoms with E-state index >= 15 is 0 Å². The van der Waals surface area contributed by atoms with Gasteiger partial charge in [-0.05, 0) is 64.5 Å². The fourth-order valence-electron chi connectivity index (χ4n) is 4.14. The molecule has 0 radical (unpaired) electrons. The third kappa shape index (κ3) is 4.53. The topological polar surface area (TPSA) is 95.6 Å². The molecule has 3 N–H and O–H groups in total. The van der Waals surface area contributed by atoms with Crippen LogP contribution < -0.4 is 5.32 Å². The van der Waals surface area contributed by atoms with Gasteiger partial charge in [0.1, 0.15) is 11.5 Å². The molecule has 0 saturated carbocycles. The predicted molar refractivity (Wildman–Crippen MR) is 117 cm³/mol. The summed E-state index contributed by atoms with van der Waals surface area (Å²) in [6.07, 6.45) is 8.45. The summed E-state index contributed by atoms with van der Waals surface area (Å²) >= 11 is 0. The monoisotopic (exact) mass is 412 g/mol. The van der Waals surface area contributed by atoms with E-state index in [4.69, 9.17) is 4.52 Å². The van der Waals surface area contributed by atoms with Crippen molar-refractivity contribution in [2.24, 2.45) is 0 Å². The summed E-state index contributed by atoms with van der Waals surface area (Å²) in [6, 6.07) is 1.65. The van der Waals surface area contributed by atoms with E-state index in [2.05, 4.69) is 30.4 Å². The van der Waals surface area contributed by atoms with Crippen molar-refractivity contribution in [2.75, 3.05) is 5.32 Å². The third-order valence-electron chi connectivity index (χ3n) is 6.00. The highest BCUT2D eigenvalue weighted by molar-refractivity contribution is 6.07. The largest absolute Gasteiger partial charge is 0.507 e. The fourth-order valence-corrected chi connectivity index (χ4v) is 4.14. The van der Waals surface area contributed by atoms with Gasteiger partial charge in [0.2, 0.25) is 5.88 Å². The van der Waals surface area contributed by atoms with Crippen LogP contribution in [0.25, 0.3) is 0 Å². The van der Waals surface area contributed by atoms with Gasteiger partial charge >= 0.3 is 0 Å². The summed E-state index contributed by atoms with van der Waals surface area (Å²) in [5.41, 5.74) is 3.97. The number of hydrogen-bond donors (Lipinski definition) is 3. The zero-order valence-electron chi connectivity index (χ0n) is 18.3. The van der Waals surface area contributed by atoms with Crippen molar-refractivity contribution in [1.29, 1.82) is 0 Å². The summed E-state index contributed by atoms with van der Waals surface area (Å²) in [6.45, 7) is 7.79. The summed E-state index contributed by atoms with van der Waals surface area (Å²) in [4.78, 5) is 13.2. The van der Waals surface area contributed by atoms with Crippen LogP contribution >= 0.6 is 0 Å². The van der Waals surface area contributed by atoms with E-state index in [9.17, 15) is 15.0 Å². The van der Waals surface area contributed by atoms with Crippen molar-refractivity contribution < 1.29 is 19.5 Å². The second-order valence-corrected chi connectivity index (χ2v) is 8.34. The molecule has 3 rings (SSSR count). The zero-order valence-corrected chi connectivity index (χ0v) is 18.3. The van der Waals surface area contributed by atoms with Crippen molar-refractivity contribution in [3.63, 3.8) is 0 Å². The molecule has 1 unspecified atom stereocenters. The molecule has 2 aromatic rings. The van der Waals surface area contributed by atoms with Crippen LogP contribution in [0.2, 0.25) is 0 Å². The van der Waals surface area contributed by atoms with Gasteiger partial charge in [0, 0.05) is 17.0 Å². The number of rotatable bonds is 7. The highest BCUT2D eigenvalue weighted by Crippen LogP contribution is 2.44. The molecular formula is C24H32N2O4. The number of unbranched alkanes of at least 4 members (excludes halogenated alkanes) is 2. The number of aromatic hydroxyl groups is 2. The lowest BCUT2D eigenvalue weighted by molar-refractivity contribution is 0.102. The number of aromatic nitrogens is 1. The molecule has 6 heteroatoms. The minimum atomic E-state index is -0.448. The maximum Gasteiger partial charge on any atom is 0.262 e. The number of allylic oxidation sites excluding steroid dienone is 2. The van der Waals surface area contributed by atoms with Crippen molar-refractivity contribution in [2.45, 2.75) is 78.6 Å². The molecular weight excluding hydrogens is 380 g/mol. The fraction of sp³-hybridized carbons (Fsp3) is 0.500. The smallest absolute Gasteiger partial charge is 0.262 e. The molecule has 1 heterocycles. The average Bonchev–Trinajstić information content (AvgIpc) is 3.00. The number of nitrogens with one attached hydrogen (secondary N) is 1. The summed E-state index contributed by atoms with van der Waals surface area (Å²) in [7, 11) is 0. The Bertz CT molecular complexity index is 959. The number of phenols is 2. The average molecular weight is 413 g/mol. The van der Waals surface area contributed by atoms with E-state index in [0.29, 0.717) is 23.2 Å². The first kappa shape index (κ1) is 21.9. The highest BCUT2D eigenvalue weighted by atomic mass is 16.5. The SMILES string of the molecule is CCCCCc1cc(O)c(C2C=C(C)CCC2)c(O)c1C(=O)Nc1onc(C)c1C. The molecule has 1 aromatic carbocycles. The quantitative estimate of drug-likeness (QED) is 0.388. The van der Waals surface area contributed by atoms with Crippen LogP contribution in [0.5, 0.6) is 11.5 Å². The third-order valence-corrected chi connectivity index (χ3v) is 6.00. The molecule has 162 valence electrons. The predicted octanol–water partition coefficient (Wildman–Crippen LogP) is 5.90. The van der Waals surface area contributed by atoms with Crippen molar-refractivity contribution >= 4 is 11.8 Å². The van der Waals surface area contributed by atoms with E-state index in [1.54, 1.807) is 13.0 Å². The van der Waals surface area contributed by atoms with Crippen LogP contribution in [0.15, 0.2) is 22.2 Å². The number of hydrogen-bond acceptors (Lipinski definition) is 5. The Hall–Kier alpha value is -2.76. The number of benzene rings is 1. The lowest BCUT2D eigenvalue weighted by Gasteiger charge is -2.24. The molecule has 6 nitrogen and oxygen atoms in total. The van der Waals surface area contributed by atoms with Crippen LogP contribution in [0.1, 0.15) is 91.0 Å². The van der Waals surface area contributed by atoms with Crippen LogP contribution in [0.4, 0.5) is 5.88 Å². The minimum absolute atomic E-state index is 0.0539. The van der Waals surface area contributed by atoms with Crippen LogP contribution in [0, 0.1) is 13.8 Å². The van der Waals surface area contributed by atoms with Gasteiger partial charge in [-0.2, -0.15) is 0 Å². The van der Waals surface area contributed by atoms with Gasteiger partial charge < -0.3 is 14.7 Å². The van der Waals surface area contributed by atoms with Gasteiger partial charge in [-0.1, -0.05) is 36.6 Å². The van der Waals surface area contributed by atoms with Gasteiger partial charge in [-0.25, -0.2) is 0 Å². The van der Waals surface area contributed by atoms with Crippen LogP contribution in [-0.4, -0.2) is 21.3 Å². The van der Waals surface area contributed by atoms with Crippen LogP contribution in [0.3, 0.4) is 0 Å². The normalized spacial score (nSPS) is 16.4. The maximum absolute atomic E-state index is 13.2. The van der Waals surface area contributed by atoms with E-state index in [0.717, 1.165) is 44.1 Å². The van der Waals surface area contributed by atoms with Crippen molar-refractivity contribution in [3.8, 4) is 11.5 Å². The Morgan fingerprint density at radius 2 is 2.03 bits per heavy atom. The molecule has 1 atom stereocenters. The van der Waals surface area contributed by atoms with Gasteiger partial charge in [-0.15, -0.1) is 0 Å². The van der Waals surface area contributed by atoms with E-state index in [1.807, 2.05) is 6.92 Å². The Kier molecular flexibility index (Phi) is 6.85. The number of phenolic OH excluding ortho intramolecular Hbond substituents is 2.